The summed E-state index contributed by atoms with van der Waals surface area (Å²) in [6, 6.07) is 7.17. The molecule has 1 aromatic carbocycles. The van der Waals surface area contributed by atoms with Crippen molar-refractivity contribution >= 4 is 5.91 Å². The van der Waals surface area contributed by atoms with Crippen molar-refractivity contribution in [2.75, 3.05) is 20.2 Å². The van der Waals surface area contributed by atoms with Crippen LogP contribution in [-0.4, -0.2) is 36.5 Å². The fraction of sp³-hybridized carbons (Fsp3) is 0.500. The molecule has 100 valence electrons. The monoisotopic (exact) mass is 250 g/mol. The lowest BCUT2D eigenvalue weighted by molar-refractivity contribution is 0.0591. The van der Waals surface area contributed by atoms with E-state index in [1.807, 2.05) is 32.9 Å². The van der Waals surface area contributed by atoms with Crippen LogP contribution in [0.2, 0.25) is 0 Å². The molecule has 0 heterocycles. The molecular formula is C14H22N2O2. The molecule has 0 aromatic heterocycles. The summed E-state index contributed by atoms with van der Waals surface area (Å²) in [6.07, 6.45) is 0. The van der Waals surface area contributed by atoms with Crippen LogP contribution in [-0.2, 0) is 0 Å². The number of carbonyl (C=O) groups excluding carboxylic acids is 1. The minimum Gasteiger partial charge on any atom is -0.497 e. The van der Waals surface area contributed by atoms with E-state index in [-0.39, 0.29) is 11.4 Å². The van der Waals surface area contributed by atoms with Crippen LogP contribution in [0.25, 0.3) is 0 Å². The van der Waals surface area contributed by atoms with Crippen LogP contribution in [0.4, 0.5) is 0 Å². The van der Waals surface area contributed by atoms with E-state index < -0.39 is 0 Å². The van der Waals surface area contributed by atoms with Crippen LogP contribution >= 0.6 is 0 Å². The topological polar surface area (TPSA) is 55.6 Å². The molecule has 0 atom stereocenters. The van der Waals surface area contributed by atoms with Gasteiger partial charge >= 0.3 is 0 Å². The number of methoxy groups -OCH3 is 1. The Hall–Kier alpha value is -1.55. The Morgan fingerprint density at radius 1 is 1.39 bits per heavy atom. The third-order valence-corrected chi connectivity index (χ3v) is 2.72. The van der Waals surface area contributed by atoms with Gasteiger partial charge in [0.05, 0.1) is 7.11 Å². The molecular weight excluding hydrogens is 228 g/mol. The number of amides is 1. The SMILES string of the molecule is COc1cccc(C(=O)N(CCN)C(C)(C)C)c1. The van der Waals surface area contributed by atoms with Gasteiger partial charge in [0, 0.05) is 24.2 Å². The summed E-state index contributed by atoms with van der Waals surface area (Å²) in [6.45, 7) is 6.99. The number of nitrogens with two attached hydrogens (primary N) is 1. The smallest absolute Gasteiger partial charge is 0.254 e. The summed E-state index contributed by atoms with van der Waals surface area (Å²) in [5.74, 6) is 0.661. The molecule has 0 saturated heterocycles. The minimum absolute atomic E-state index is 0.0214. The molecule has 0 aliphatic heterocycles. The van der Waals surface area contributed by atoms with Crippen LogP contribution < -0.4 is 10.5 Å². The van der Waals surface area contributed by atoms with Gasteiger partial charge in [0.2, 0.25) is 0 Å². The van der Waals surface area contributed by atoms with Gasteiger partial charge in [-0.3, -0.25) is 4.79 Å². The fourth-order valence-corrected chi connectivity index (χ4v) is 1.78. The first-order valence-corrected chi connectivity index (χ1v) is 6.06. The highest BCUT2D eigenvalue weighted by atomic mass is 16.5. The second kappa shape index (κ2) is 5.87. The van der Waals surface area contributed by atoms with Gasteiger partial charge in [-0.1, -0.05) is 6.07 Å². The molecule has 0 unspecified atom stereocenters. The average molecular weight is 250 g/mol. The molecule has 2 N–H and O–H groups in total. The number of hydrogen-bond donors (Lipinski definition) is 1. The summed E-state index contributed by atoms with van der Waals surface area (Å²) in [5.41, 5.74) is 5.95. The summed E-state index contributed by atoms with van der Waals surface area (Å²) < 4.78 is 5.13. The molecule has 0 radical (unpaired) electrons. The van der Waals surface area contributed by atoms with E-state index in [1.54, 1.807) is 24.1 Å². The predicted octanol–water partition coefficient (Wildman–Crippen LogP) is 1.89. The Bertz CT molecular complexity index is 411. The third-order valence-electron chi connectivity index (χ3n) is 2.72. The van der Waals surface area contributed by atoms with Gasteiger partial charge in [-0.2, -0.15) is 0 Å². The second-order valence-electron chi connectivity index (χ2n) is 5.15. The van der Waals surface area contributed by atoms with Gasteiger partial charge in [-0.05, 0) is 39.0 Å². The van der Waals surface area contributed by atoms with E-state index in [4.69, 9.17) is 10.5 Å². The Kier molecular flexibility index (Phi) is 4.73. The first-order valence-electron chi connectivity index (χ1n) is 6.06. The number of rotatable bonds is 4. The van der Waals surface area contributed by atoms with Crippen molar-refractivity contribution < 1.29 is 9.53 Å². The van der Waals surface area contributed by atoms with Gasteiger partial charge in [0.15, 0.2) is 0 Å². The number of nitrogens with zero attached hydrogens (tertiary/aromatic N) is 1. The molecule has 18 heavy (non-hydrogen) atoms. The van der Waals surface area contributed by atoms with Gasteiger partial charge < -0.3 is 15.4 Å². The number of ether oxygens (including phenoxy) is 1. The predicted molar refractivity (Wildman–Crippen MR) is 72.8 cm³/mol. The fourth-order valence-electron chi connectivity index (χ4n) is 1.78. The van der Waals surface area contributed by atoms with Crippen molar-refractivity contribution in [2.24, 2.45) is 5.73 Å². The van der Waals surface area contributed by atoms with Crippen LogP contribution in [0.1, 0.15) is 31.1 Å². The maximum Gasteiger partial charge on any atom is 0.254 e. The van der Waals surface area contributed by atoms with E-state index in [2.05, 4.69) is 0 Å². The maximum atomic E-state index is 12.5. The highest BCUT2D eigenvalue weighted by Crippen LogP contribution is 2.19. The second-order valence-corrected chi connectivity index (χ2v) is 5.15. The normalized spacial score (nSPS) is 11.2. The molecule has 0 fully saturated rings. The van der Waals surface area contributed by atoms with Crippen molar-refractivity contribution in [2.45, 2.75) is 26.3 Å². The van der Waals surface area contributed by atoms with Crippen LogP contribution in [0.15, 0.2) is 24.3 Å². The largest absolute Gasteiger partial charge is 0.497 e. The van der Waals surface area contributed by atoms with Gasteiger partial charge in [-0.25, -0.2) is 0 Å². The van der Waals surface area contributed by atoms with Crippen molar-refractivity contribution in [1.82, 2.24) is 4.90 Å². The average Bonchev–Trinajstić information content (AvgIpc) is 2.34. The zero-order valence-electron chi connectivity index (χ0n) is 11.6. The van der Waals surface area contributed by atoms with Gasteiger partial charge in [0.1, 0.15) is 5.75 Å². The molecule has 0 saturated carbocycles. The van der Waals surface area contributed by atoms with E-state index in [0.717, 1.165) is 0 Å². The summed E-state index contributed by atoms with van der Waals surface area (Å²) in [4.78, 5) is 14.2. The van der Waals surface area contributed by atoms with Crippen molar-refractivity contribution in [3.63, 3.8) is 0 Å². The standard InChI is InChI=1S/C14H22N2O2/c1-14(2,3)16(9-8-15)13(17)11-6-5-7-12(10-11)18-4/h5-7,10H,8-9,15H2,1-4H3. The third kappa shape index (κ3) is 3.47. The molecule has 1 aromatic rings. The molecule has 1 amide bonds. The number of carbonyl (C=O) groups is 1. The summed E-state index contributed by atoms with van der Waals surface area (Å²) >= 11 is 0. The number of hydrogen-bond acceptors (Lipinski definition) is 3. The Labute approximate surface area is 109 Å². The lowest BCUT2D eigenvalue weighted by atomic mass is 10.0. The number of benzene rings is 1. The van der Waals surface area contributed by atoms with Crippen molar-refractivity contribution in [3.8, 4) is 5.75 Å². The molecule has 4 nitrogen and oxygen atoms in total. The lowest BCUT2D eigenvalue weighted by Gasteiger charge is -2.35. The molecule has 0 aliphatic rings. The zero-order valence-corrected chi connectivity index (χ0v) is 11.6. The highest BCUT2D eigenvalue weighted by molar-refractivity contribution is 5.95. The van der Waals surface area contributed by atoms with E-state index in [0.29, 0.717) is 24.4 Å². The van der Waals surface area contributed by atoms with Gasteiger partial charge in [0.25, 0.3) is 5.91 Å². The summed E-state index contributed by atoms with van der Waals surface area (Å²) in [5, 5.41) is 0. The van der Waals surface area contributed by atoms with Crippen molar-refractivity contribution in [1.29, 1.82) is 0 Å². The van der Waals surface area contributed by atoms with Crippen molar-refractivity contribution in [3.05, 3.63) is 29.8 Å². The Morgan fingerprint density at radius 3 is 2.56 bits per heavy atom. The first-order chi connectivity index (χ1) is 8.40. The first kappa shape index (κ1) is 14.5. The molecule has 1 rings (SSSR count). The van der Waals surface area contributed by atoms with Crippen LogP contribution in [0.5, 0.6) is 5.75 Å². The highest BCUT2D eigenvalue weighted by Gasteiger charge is 2.26. The quantitative estimate of drug-likeness (QED) is 0.888. The molecule has 4 heteroatoms. The summed E-state index contributed by atoms with van der Waals surface area (Å²) in [7, 11) is 1.59. The van der Waals surface area contributed by atoms with Crippen LogP contribution in [0, 0.1) is 0 Å². The van der Waals surface area contributed by atoms with Gasteiger partial charge in [-0.15, -0.1) is 0 Å². The molecule has 0 spiro atoms. The molecule has 0 bridgehead atoms. The Morgan fingerprint density at radius 2 is 2.06 bits per heavy atom. The van der Waals surface area contributed by atoms with E-state index >= 15 is 0 Å². The van der Waals surface area contributed by atoms with E-state index in [1.165, 1.54) is 0 Å². The van der Waals surface area contributed by atoms with Crippen LogP contribution in [0.3, 0.4) is 0 Å². The Balaban J connectivity index is 3.02. The minimum atomic E-state index is -0.250. The zero-order chi connectivity index (χ0) is 13.8. The molecule has 0 aliphatic carbocycles. The lowest BCUT2D eigenvalue weighted by Crippen LogP contribution is -2.47. The maximum absolute atomic E-state index is 12.5. The van der Waals surface area contributed by atoms with E-state index in [9.17, 15) is 4.79 Å².